The summed E-state index contributed by atoms with van der Waals surface area (Å²) in [6, 6.07) is 13.6. The maximum absolute atomic E-state index is 12.5. The second-order valence-corrected chi connectivity index (χ2v) is 7.41. The number of pyridine rings is 1. The van der Waals surface area contributed by atoms with Gasteiger partial charge in [0.05, 0.1) is 13.0 Å². The van der Waals surface area contributed by atoms with Crippen LogP contribution in [0.5, 0.6) is 5.75 Å². The van der Waals surface area contributed by atoms with Gasteiger partial charge >= 0.3 is 0 Å². The first-order valence-corrected chi connectivity index (χ1v) is 9.88. The van der Waals surface area contributed by atoms with E-state index < -0.39 is 0 Å². The average molecular weight is 403 g/mol. The number of hydrogen-bond donors (Lipinski definition) is 0. The fourth-order valence-corrected chi connectivity index (χ4v) is 3.81. The van der Waals surface area contributed by atoms with Crippen LogP contribution in [-0.4, -0.2) is 44.0 Å². The Balaban J connectivity index is 1.34. The van der Waals surface area contributed by atoms with E-state index in [-0.39, 0.29) is 11.8 Å². The molecule has 1 aromatic carbocycles. The molecule has 1 aliphatic rings. The van der Waals surface area contributed by atoms with Crippen molar-refractivity contribution in [3.63, 3.8) is 0 Å². The molecular weight excluding hydrogens is 382 g/mol. The third-order valence-electron chi connectivity index (χ3n) is 5.39. The van der Waals surface area contributed by atoms with Gasteiger partial charge in [0.15, 0.2) is 0 Å². The molecule has 152 valence electrons. The predicted octanol–water partition coefficient (Wildman–Crippen LogP) is 3.30. The average Bonchev–Trinajstić information content (AvgIpc) is 3.42. The molecular formula is C22H21N5O3. The van der Waals surface area contributed by atoms with E-state index in [0.29, 0.717) is 43.3 Å². The SMILES string of the molecule is COc1cccc(CN2C[C@@H](c3nc(-c4cn5ccccc5n4)no3)CCC2=O)c1. The van der Waals surface area contributed by atoms with Gasteiger partial charge < -0.3 is 18.6 Å². The van der Waals surface area contributed by atoms with Gasteiger partial charge in [-0.1, -0.05) is 23.4 Å². The summed E-state index contributed by atoms with van der Waals surface area (Å²) in [5.41, 5.74) is 2.52. The molecule has 4 aromatic rings. The first-order chi connectivity index (χ1) is 14.7. The summed E-state index contributed by atoms with van der Waals surface area (Å²) in [5.74, 6) is 1.93. The smallest absolute Gasteiger partial charge is 0.231 e. The third-order valence-corrected chi connectivity index (χ3v) is 5.39. The van der Waals surface area contributed by atoms with E-state index in [9.17, 15) is 4.79 Å². The van der Waals surface area contributed by atoms with Crippen molar-refractivity contribution in [1.82, 2.24) is 24.4 Å². The molecule has 4 heterocycles. The molecule has 0 N–H and O–H groups in total. The Kier molecular flexibility index (Phi) is 4.66. The van der Waals surface area contributed by atoms with Gasteiger partial charge in [-0.05, 0) is 36.2 Å². The van der Waals surface area contributed by atoms with E-state index in [1.807, 2.05) is 64.2 Å². The molecule has 0 spiro atoms. The number of ether oxygens (including phenoxy) is 1. The summed E-state index contributed by atoms with van der Waals surface area (Å²) in [6.45, 7) is 1.07. The summed E-state index contributed by atoms with van der Waals surface area (Å²) < 4.78 is 12.8. The van der Waals surface area contributed by atoms with Crippen molar-refractivity contribution in [2.24, 2.45) is 0 Å². The number of carbonyl (C=O) groups excluding carboxylic acids is 1. The van der Waals surface area contributed by atoms with Gasteiger partial charge in [-0.3, -0.25) is 4.79 Å². The number of hydrogen-bond acceptors (Lipinski definition) is 6. The zero-order valence-corrected chi connectivity index (χ0v) is 16.6. The summed E-state index contributed by atoms with van der Waals surface area (Å²) >= 11 is 0. The standard InChI is InChI=1S/C22H21N5O3/c1-29-17-6-4-5-15(11-17)12-27-13-16(8-9-20(27)28)22-24-21(25-30-22)18-14-26-10-3-2-7-19(26)23-18/h2-7,10-11,14,16H,8-9,12-13H2,1H3/t16-/m0/s1. The number of carbonyl (C=O) groups is 1. The number of rotatable bonds is 5. The number of imidazole rings is 1. The number of piperidine rings is 1. The van der Waals surface area contributed by atoms with Crippen molar-refractivity contribution in [2.75, 3.05) is 13.7 Å². The highest BCUT2D eigenvalue weighted by Gasteiger charge is 2.30. The molecule has 1 saturated heterocycles. The summed E-state index contributed by atoms with van der Waals surface area (Å²) in [7, 11) is 1.64. The van der Waals surface area contributed by atoms with E-state index in [1.54, 1.807) is 7.11 Å². The topological polar surface area (TPSA) is 85.8 Å². The highest BCUT2D eigenvalue weighted by atomic mass is 16.5. The van der Waals surface area contributed by atoms with Crippen molar-refractivity contribution in [3.8, 4) is 17.3 Å². The molecule has 0 aliphatic carbocycles. The fraction of sp³-hybridized carbons (Fsp3) is 0.273. The molecule has 0 saturated carbocycles. The van der Waals surface area contributed by atoms with Crippen LogP contribution < -0.4 is 4.74 Å². The normalized spacial score (nSPS) is 16.9. The Bertz CT molecular complexity index is 1170. The number of nitrogens with zero attached hydrogens (tertiary/aromatic N) is 5. The molecule has 8 nitrogen and oxygen atoms in total. The summed E-state index contributed by atoms with van der Waals surface area (Å²) in [6.07, 6.45) is 4.96. The van der Waals surface area contributed by atoms with E-state index in [1.165, 1.54) is 0 Å². The summed E-state index contributed by atoms with van der Waals surface area (Å²) in [4.78, 5) is 23.4. The minimum absolute atomic E-state index is 0.00610. The molecule has 1 fully saturated rings. The monoisotopic (exact) mass is 403 g/mol. The maximum atomic E-state index is 12.5. The van der Waals surface area contributed by atoms with E-state index >= 15 is 0 Å². The maximum Gasteiger partial charge on any atom is 0.231 e. The second kappa shape index (κ2) is 7.62. The lowest BCUT2D eigenvalue weighted by Gasteiger charge is -2.31. The van der Waals surface area contributed by atoms with Crippen molar-refractivity contribution >= 4 is 11.6 Å². The molecule has 0 bridgehead atoms. The molecule has 0 radical (unpaired) electrons. The van der Waals surface area contributed by atoms with Gasteiger partial charge in [0, 0.05) is 31.9 Å². The zero-order chi connectivity index (χ0) is 20.5. The van der Waals surface area contributed by atoms with Gasteiger partial charge in [0.2, 0.25) is 17.6 Å². The molecule has 1 amide bonds. The summed E-state index contributed by atoms with van der Waals surface area (Å²) in [5, 5.41) is 4.13. The molecule has 5 rings (SSSR count). The van der Waals surface area contributed by atoms with Crippen LogP contribution in [-0.2, 0) is 11.3 Å². The quantitative estimate of drug-likeness (QED) is 0.508. The Labute approximate surface area is 173 Å². The van der Waals surface area contributed by atoms with Crippen LogP contribution in [0.25, 0.3) is 17.2 Å². The van der Waals surface area contributed by atoms with Crippen LogP contribution in [0.2, 0.25) is 0 Å². The van der Waals surface area contributed by atoms with Gasteiger partial charge in [-0.2, -0.15) is 4.98 Å². The number of methoxy groups -OCH3 is 1. The zero-order valence-electron chi connectivity index (χ0n) is 16.6. The van der Waals surface area contributed by atoms with E-state index in [2.05, 4.69) is 15.1 Å². The first kappa shape index (κ1) is 18.4. The minimum atomic E-state index is 0.00610. The highest BCUT2D eigenvalue weighted by Crippen LogP contribution is 2.29. The predicted molar refractivity (Wildman–Crippen MR) is 109 cm³/mol. The van der Waals surface area contributed by atoms with Crippen molar-refractivity contribution in [3.05, 3.63) is 66.3 Å². The lowest BCUT2D eigenvalue weighted by molar-refractivity contribution is -0.134. The van der Waals surface area contributed by atoms with E-state index in [0.717, 1.165) is 17.0 Å². The van der Waals surface area contributed by atoms with Gasteiger partial charge in [0.1, 0.15) is 17.1 Å². The molecule has 1 aliphatic heterocycles. The minimum Gasteiger partial charge on any atom is -0.497 e. The molecule has 3 aromatic heterocycles. The van der Waals surface area contributed by atoms with Crippen LogP contribution in [0.3, 0.4) is 0 Å². The Morgan fingerprint density at radius 2 is 2.13 bits per heavy atom. The Morgan fingerprint density at radius 1 is 1.20 bits per heavy atom. The number of benzene rings is 1. The Morgan fingerprint density at radius 3 is 3.00 bits per heavy atom. The van der Waals surface area contributed by atoms with Crippen molar-refractivity contribution in [1.29, 1.82) is 0 Å². The van der Waals surface area contributed by atoms with Gasteiger partial charge in [0.25, 0.3) is 0 Å². The largest absolute Gasteiger partial charge is 0.497 e. The van der Waals surface area contributed by atoms with E-state index in [4.69, 9.17) is 9.26 Å². The number of amides is 1. The van der Waals surface area contributed by atoms with Crippen LogP contribution >= 0.6 is 0 Å². The molecule has 1 atom stereocenters. The Hall–Kier alpha value is -3.68. The van der Waals surface area contributed by atoms with Crippen LogP contribution in [0.1, 0.15) is 30.2 Å². The highest BCUT2D eigenvalue weighted by molar-refractivity contribution is 5.77. The van der Waals surface area contributed by atoms with Crippen molar-refractivity contribution < 1.29 is 14.1 Å². The fourth-order valence-electron chi connectivity index (χ4n) is 3.81. The van der Waals surface area contributed by atoms with Crippen LogP contribution in [0, 0.1) is 0 Å². The molecule has 0 unspecified atom stereocenters. The van der Waals surface area contributed by atoms with Gasteiger partial charge in [-0.25, -0.2) is 4.98 Å². The van der Waals surface area contributed by atoms with Crippen LogP contribution in [0.4, 0.5) is 0 Å². The second-order valence-electron chi connectivity index (χ2n) is 7.41. The number of fused-ring (bicyclic) bond motifs is 1. The van der Waals surface area contributed by atoms with Crippen molar-refractivity contribution in [2.45, 2.75) is 25.3 Å². The van der Waals surface area contributed by atoms with Crippen LogP contribution in [0.15, 0.2) is 59.4 Å². The molecule has 8 heteroatoms. The first-order valence-electron chi connectivity index (χ1n) is 9.88. The lowest BCUT2D eigenvalue weighted by Crippen LogP contribution is -2.38. The van der Waals surface area contributed by atoms with Gasteiger partial charge in [-0.15, -0.1) is 0 Å². The lowest BCUT2D eigenvalue weighted by atomic mass is 9.97. The number of aromatic nitrogens is 4. The molecule has 30 heavy (non-hydrogen) atoms. The number of likely N-dealkylation sites (tertiary alicyclic amines) is 1. The third kappa shape index (κ3) is 3.52.